The highest BCUT2D eigenvalue weighted by molar-refractivity contribution is 6.02. The molecule has 0 atom stereocenters. The fourth-order valence-corrected chi connectivity index (χ4v) is 2.14. The third-order valence-electron chi connectivity index (χ3n) is 3.23. The second-order valence-corrected chi connectivity index (χ2v) is 4.49. The van der Waals surface area contributed by atoms with Gasteiger partial charge in [0.2, 0.25) is 0 Å². The van der Waals surface area contributed by atoms with E-state index in [9.17, 15) is 4.79 Å². The number of benzene rings is 2. The van der Waals surface area contributed by atoms with E-state index in [4.69, 9.17) is 14.2 Å². The van der Waals surface area contributed by atoms with Crippen molar-refractivity contribution in [3.63, 3.8) is 0 Å². The summed E-state index contributed by atoms with van der Waals surface area (Å²) < 4.78 is 15.6. The van der Waals surface area contributed by atoms with Gasteiger partial charge in [-0.05, 0) is 29.8 Å². The van der Waals surface area contributed by atoms with Crippen molar-refractivity contribution < 1.29 is 19.0 Å². The minimum Gasteiger partial charge on any atom is -0.497 e. The largest absolute Gasteiger partial charge is 0.497 e. The predicted molar refractivity (Wildman–Crippen MR) is 80.6 cm³/mol. The molecule has 2 aromatic carbocycles. The zero-order valence-corrected chi connectivity index (χ0v) is 12.4. The normalized spacial score (nSPS) is 10.0. The summed E-state index contributed by atoms with van der Waals surface area (Å²) in [4.78, 5) is 12.5. The number of Topliss-reactive ketones (excluding diaryl/α,β-unsaturated/α-hetero) is 1. The van der Waals surface area contributed by atoms with Crippen LogP contribution in [0.5, 0.6) is 17.2 Å². The Balaban J connectivity index is 2.27. The minimum atomic E-state index is -0.0468. The van der Waals surface area contributed by atoms with E-state index in [0.29, 0.717) is 17.1 Å². The van der Waals surface area contributed by atoms with Gasteiger partial charge in [0.15, 0.2) is 5.78 Å². The molecule has 0 heterocycles. The Bertz CT molecular complexity index is 595. The number of carbonyl (C=O) groups is 1. The van der Waals surface area contributed by atoms with Crippen LogP contribution in [0, 0.1) is 0 Å². The molecule has 0 saturated heterocycles. The van der Waals surface area contributed by atoms with Crippen molar-refractivity contribution in [3.8, 4) is 17.2 Å². The van der Waals surface area contributed by atoms with Crippen molar-refractivity contribution in [2.24, 2.45) is 0 Å². The molecule has 0 amide bonds. The molecule has 0 aliphatic rings. The molecule has 110 valence electrons. The summed E-state index contributed by atoms with van der Waals surface area (Å²) >= 11 is 0. The molecule has 0 bridgehead atoms. The molecular formula is C17H18O4. The number of hydrogen-bond acceptors (Lipinski definition) is 4. The fraction of sp³-hybridized carbons (Fsp3) is 0.235. The Kier molecular flexibility index (Phi) is 4.82. The van der Waals surface area contributed by atoms with E-state index < -0.39 is 0 Å². The van der Waals surface area contributed by atoms with Gasteiger partial charge in [0, 0.05) is 6.42 Å². The second kappa shape index (κ2) is 6.79. The number of ether oxygens (including phenoxy) is 3. The molecule has 0 spiro atoms. The first kappa shape index (κ1) is 14.9. The van der Waals surface area contributed by atoms with E-state index in [1.807, 2.05) is 24.3 Å². The molecule has 0 N–H and O–H groups in total. The second-order valence-electron chi connectivity index (χ2n) is 4.49. The van der Waals surface area contributed by atoms with Crippen LogP contribution in [0.4, 0.5) is 0 Å². The van der Waals surface area contributed by atoms with Crippen LogP contribution >= 0.6 is 0 Å². The van der Waals surface area contributed by atoms with Crippen molar-refractivity contribution in [3.05, 3.63) is 53.6 Å². The Morgan fingerprint density at radius 1 is 0.857 bits per heavy atom. The molecule has 0 unspecified atom stereocenters. The molecular weight excluding hydrogens is 268 g/mol. The number of hydrogen-bond donors (Lipinski definition) is 0. The van der Waals surface area contributed by atoms with E-state index in [1.54, 1.807) is 39.5 Å². The maximum Gasteiger partial charge on any atom is 0.174 e. The molecule has 4 heteroatoms. The molecule has 0 saturated carbocycles. The van der Waals surface area contributed by atoms with E-state index >= 15 is 0 Å². The summed E-state index contributed by atoms with van der Waals surface area (Å²) in [6, 6.07) is 12.7. The molecule has 0 radical (unpaired) electrons. The number of methoxy groups -OCH3 is 3. The lowest BCUT2D eigenvalue weighted by atomic mass is 10.0. The van der Waals surface area contributed by atoms with Gasteiger partial charge in [0.05, 0.1) is 21.3 Å². The van der Waals surface area contributed by atoms with Crippen LogP contribution in [0.25, 0.3) is 0 Å². The van der Waals surface area contributed by atoms with Crippen LogP contribution in [0.2, 0.25) is 0 Å². The zero-order chi connectivity index (χ0) is 15.2. The maximum atomic E-state index is 12.5. The Morgan fingerprint density at radius 3 is 1.90 bits per heavy atom. The third kappa shape index (κ3) is 3.34. The van der Waals surface area contributed by atoms with Gasteiger partial charge in [-0.1, -0.05) is 18.2 Å². The van der Waals surface area contributed by atoms with Crippen LogP contribution in [-0.4, -0.2) is 27.1 Å². The van der Waals surface area contributed by atoms with Gasteiger partial charge in [0.1, 0.15) is 22.8 Å². The standard InChI is InChI=1S/C17H18O4/c1-19-13-9-7-12(8-10-13)11-14(18)17-15(20-2)5-4-6-16(17)21-3/h4-10H,11H2,1-3H3. The first-order valence-corrected chi connectivity index (χ1v) is 6.56. The smallest absolute Gasteiger partial charge is 0.174 e. The Labute approximate surface area is 124 Å². The average Bonchev–Trinajstić information content (AvgIpc) is 2.54. The molecule has 0 fully saturated rings. The first-order chi connectivity index (χ1) is 10.2. The zero-order valence-electron chi connectivity index (χ0n) is 12.4. The average molecular weight is 286 g/mol. The molecule has 0 aromatic heterocycles. The third-order valence-corrected chi connectivity index (χ3v) is 3.23. The number of rotatable bonds is 6. The molecule has 21 heavy (non-hydrogen) atoms. The molecule has 4 nitrogen and oxygen atoms in total. The van der Waals surface area contributed by atoms with Crippen LogP contribution in [-0.2, 0) is 6.42 Å². The van der Waals surface area contributed by atoms with Crippen molar-refractivity contribution in [1.82, 2.24) is 0 Å². The van der Waals surface area contributed by atoms with Gasteiger partial charge in [-0.15, -0.1) is 0 Å². The van der Waals surface area contributed by atoms with Gasteiger partial charge in [0.25, 0.3) is 0 Å². The highest BCUT2D eigenvalue weighted by Gasteiger charge is 2.18. The van der Waals surface area contributed by atoms with Crippen LogP contribution in [0.15, 0.2) is 42.5 Å². The monoisotopic (exact) mass is 286 g/mol. The van der Waals surface area contributed by atoms with Gasteiger partial charge in [-0.2, -0.15) is 0 Å². The Hall–Kier alpha value is -2.49. The SMILES string of the molecule is COc1ccc(CC(=O)c2c(OC)cccc2OC)cc1. The van der Waals surface area contributed by atoms with Crippen molar-refractivity contribution in [2.45, 2.75) is 6.42 Å². The summed E-state index contributed by atoms with van der Waals surface area (Å²) in [5, 5.41) is 0. The highest BCUT2D eigenvalue weighted by Crippen LogP contribution is 2.29. The number of carbonyl (C=O) groups excluding carboxylic acids is 1. The maximum absolute atomic E-state index is 12.5. The van der Waals surface area contributed by atoms with Crippen molar-refractivity contribution >= 4 is 5.78 Å². The fourth-order valence-electron chi connectivity index (χ4n) is 2.14. The van der Waals surface area contributed by atoms with Crippen LogP contribution in [0.3, 0.4) is 0 Å². The van der Waals surface area contributed by atoms with Crippen molar-refractivity contribution in [2.75, 3.05) is 21.3 Å². The van der Waals surface area contributed by atoms with E-state index in [2.05, 4.69) is 0 Å². The van der Waals surface area contributed by atoms with Gasteiger partial charge in [-0.3, -0.25) is 4.79 Å². The minimum absolute atomic E-state index is 0.0468. The summed E-state index contributed by atoms with van der Waals surface area (Å²) in [7, 11) is 4.69. The molecule has 0 aliphatic heterocycles. The molecule has 2 aromatic rings. The predicted octanol–water partition coefficient (Wildman–Crippen LogP) is 3.14. The quantitative estimate of drug-likeness (QED) is 0.765. The highest BCUT2D eigenvalue weighted by atomic mass is 16.5. The molecule has 0 aliphatic carbocycles. The lowest BCUT2D eigenvalue weighted by Gasteiger charge is -2.12. The van der Waals surface area contributed by atoms with E-state index in [1.165, 1.54) is 0 Å². The van der Waals surface area contributed by atoms with Crippen LogP contribution in [0.1, 0.15) is 15.9 Å². The summed E-state index contributed by atoms with van der Waals surface area (Å²) in [5.74, 6) is 1.76. The van der Waals surface area contributed by atoms with Crippen molar-refractivity contribution in [1.29, 1.82) is 0 Å². The Morgan fingerprint density at radius 2 is 1.43 bits per heavy atom. The van der Waals surface area contributed by atoms with Crippen LogP contribution < -0.4 is 14.2 Å². The van der Waals surface area contributed by atoms with E-state index in [0.717, 1.165) is 11.3 Å². The first-order valence-electron chi connectivity index (χ1n) is 6.56. The topological polar surface area (TPSA) is 44.8 Å². The summed E-state index contributed by atoms with van der Waals surface area (Å²) in [6.45, 7) is 0. The molecule has 2 rings (SSSR count). The van der Waals surface area contributed by atoms with Gasteiger partial charge >= 0.3 is 0 Å². The van der Waals surface area contributed by atoms with Gasteiger partial charge in [-0.25, -0.2) is 0 Å². The number of ketones is 1. The van der Waals surface area contributed by atoms with E-state index in [-0.39, 0.29) is 12.2 Å². The van der Waals surface area contributed by atoms with Gasteiger partial charge < -0.3 is 14.2 Å². The lowest BCUT2D eigenvalue weighted by molar-refractivity contribution is 0.0987. The lowest BCUT2D eigenvalue weighted by Crippen LogP contribution is -2.08. The summed E-state index contributed by atoms with van der Waals surface area (Å²) in [6.07, 6.45) is 0.278. The summed E-state index contributed by atoms with van der Waals surface area (Å²) in [5.41, 5.74) is 1.38.